The van der Waals surface area contributed by atoms with Gasteiger partial charge >= 0.3 is 0 Å². The molecule has 0 radical (unpaired) electrons. The molecular formula is C16H30N2O. The zero-order valence-corrected chi connectivity index (χ0v) is 12.5. The highest BCUT2D eigenvalue weighted by atomic mass is 16.5. The van der Waals surface area contributed by atoms with Gasteiger partial charge in [-0.3, -0.25) is 0 Å². The Bertz CT molecular complexity index is 276. The summed E-state index contributed by atoms with van der Waals surface area (Å²) in [5.41, 5.74) is 0.586. The van der Waals surface area contributed by atoms with Gasteiger partial charge in [-0.05, 0) is 43.9 Å². The van der Waals surface area contributed by atoms with E-state index in [1.807, 2.05) is 7.11 Å². The van der Waals surface area contributed by atoms with Crippen molar-refractivity contribution in [3.05, 3.63) is 0 Å². The summed E-state index contributed by atoms with van der Waals surface area (Å²) in [4.78, 5) is 2.70. The molecule has 0 amide bonds. The molecular weight excluding hydrogens is 236 g/mol. The Kier molecular flexibility index (Phi) is 4.45. The zero-order chi connectivity index (χ0) is 13.1. The van der Waals surface area contributed by atoms with E-state index in [1.165, 1.54) is 77.5 Å². The van der Waals surface area contributed by atoms with Crippen LogP contribution in [0.15, 0.2) is 0 Å². The summed E-state index contributed by atoms with van der Waals surface area (Å²) in [5, 5.41) is 3.80. The van der Waals surface area contributed by atoms with Gasteiger partial charge < -0.3 is 15.0 Å². The Balaban J connectivity index is 1.49. The molecule has 2 saturated carbocycles. The summed E-state index contributed by atoms with van der Waals surface area (Å²) in [5.74, 6) is 0. The van der Waals surface area contributed by atoms with Crippen LogP contribution in [0.2, 0.25) is 0 Å². The maximum Gasteiger partial charge on any atom is 0.0595 e. The van der Waals surface area contributed by atoms with Crippen LogP contribution in [0.3, 0.4) is 0 Å². The number of nitrogens with zero attached hydrogens (tertiary/aromatic N) is 1. The predicted octanol–water partition coefficient (Wildman–Crippen LogP) is 2.41. The van der Waals surface area contributed by atoms with Gasteiger partial charge in [0.1, 0.15) is 0 Å². The lowest BCUT2D eigenvalue weighted by Crippen LogP contribution is -2.46. The minimum atomic E-state index is 0.514. The van der Waals surface area contributed by atoms with Crippen molar-refractivity contribution in [2.75, 3.05) is 33.3 Å². The molecule has 3 heteroatoms. The van der Waals surface area contributed by atoms with E-state index < -0.39 is 0 Å². The lowest BCUT2D eigenvalue weighted by Gasteiger charge is -2.39. The second kappa shape index (κ2) is 6.11. The molecule has 3 nitrogen and oxygen atoms in total. The maximum atomic E-state index is 5.48. The van der Waals surface area contributed by atoms with Crippen molar-refractivity contribution in [2.45, 2.75) is 63.5 Å². The largest absolute Gasteiger partial charge is 0.381 e. The molecule has 0 spiro atoms. The first kappa shape index (κ1) is 13.8. The number of ether oxygens (including phenoxy) is 1. The van der Waals surface area contributed by atoms with Gasteiger partial charge in [-0.1, -0.05) is 12.8 Å². The minimum Gasteiger partial charge on any atom is -0.381 e. The van der Waals surface area contributed by atoms with Gasteiger partial charge in [-0.15, -0.1) is 0 Å². The van der Waals surface area contributed by atoms with Crippen molar-refractivity contribution >= 4 is 0 Å². The molecule has 110 valence electrons. The predicted molar refractivity (Wildman–Crippen MR) is 78.4 cm³/mol. The quantitative estimate of drug-likeness (QED) is 0.799. The number of nitrogens with one attached hydrogen (secondary N) is 1. The van der Waals surface area contributed by atoms with Crippen LogP contribution in [0.4, 0.5) is 0 Å². The zero-order valence-electron chi connectivity index (χ0n) is 12.5. The summed E-state index contributed by atoms with van der Waals surface area (Å²) in [6, 6.07) is 0.858. The Labute approximate surface area is 118 Å². The van der Waals surface area contributed by atoms with E-state index in [-0.39, 0.29) is 0 Å². The van der Waals surface area contributed by atoms with Crippen LogP contribution in [0.5, 0.6) is 0 Å². The lowest BCUT2D eigenvalue weighted by molar-refractivity contribution is 0.0264. The monoisotopic (exact) mass is 266 g/mol. The van der Waals surface area contributed by atoms with Crippen LogP contribution < -0.4 is 5.32 Å². The number of hydrogen-bond acceptors (Lipinski definition) is 3. The normalized spacial score (nSPS) is 28.9. The molecule has 3 rings (SSSR count). The molecule has 0 aromatic carbocycles. The van der Waals surface area contributed by atoms with E-state index in [0.29, 0.717) is 11.5 Å². The fraction of sp³-hybridized carbons (Fsp3) is 1.00. The third-order valence-corrected chi connectivity index (χ3v) is 5.43. The molecule has 0 atom stereocenters. The van der Waals surface area contributed by atoms with Crippen molar-refractivity contribution in [3.8, 4) is 0 Å². The minimum absolute atomic E-state index is 0.514. The van der Waals surface area contributed by atoms with Crippen LogP contribution in [-0.4, -0.2) is 50.3 Å². The SMILES string of the molecule is COC1CCN(CC2(CNC3CC3)CCCC2)CC1. The Morgan fingerprint density at radius 3 is 2.37 bits per heavy atom. The third-order valence-electron chi connectivity index (χ3n) is 5.43. The first-order valence-corrected chi connectivity index (χ1v) is 8.28. The van der Waals surface area contributed by atoms with Gasteiger partial charge in [0.2, 0.25) is 0 Å². The first-order valence-electron chi connectivity index (χ1n) is 8.28. The summed E-state index contributed by atoms with van der Waals surface area (Å²) in [6.07, 6.45) is 11.6. The van der Waals surface area contributed by atoms with Crippen molar-refractivity contribution in [2.24, 2.45) is 5.41 Å². The number of hydrogen-bond donors (Lipinski definition) is 1. The molecule has 3 aliphatic rings. The summed E-state index contributed by atoms with van der Waals surface area (Å²) in [6.45, 7) is 5.07. The highest BCUT2D eigenvalue weighted by Crippen LogP contribution is 2.39. The number of methoxy groups -OCH3 is 1. The average molecular weight is 266 g/mol. The van der Waals surface area contributed by atoms with Crippen molar-refractivity contribution in [1.82, 2.24) is 10.2 Å². The van der Waals surface area contributed by atoms with E-state index in [1.54, 1.807) is 0 Å². The Morgan fingerprint density at radius 2 is 1.79 bits per heavy atom. The molecule has 3 fully saturated rings. The molecule has 1 saturated heterocycles. The van der Waals surface area contributed by atoms with E-state index in [4.69, 9.17) is 4.74 Å². The third kappa shape index (κ3) is 3.71. The standard InChI is InChI=1S/C16H30N2O/c1-19-15-6-10-18(11-7-15)13-16(8-2-3-9-16)12-17-14-4-5-14/h14-15,17H,2-13H2,1H3. The summed E-state index contributed by atoms with van der Waals surface area (Å²) in [7, 11) is 1.86. The van der Waals surface area contributed by atoms with Crippen molar-refractivity contribution in [1.29, 1.82) is 0 Å². The highest BCUT2D eigenvalue weighted by Gasteiger charge is 2.37. The lowest BCUT2D eigenvalue weighted by atomic mass is 9.84. The van der Waals surface area contributed by atoms with E-state index in [2.05, 4.69) is 10.2 Å². The molecule has 1 N–H and O–H groups in total. The second-order valence-corrected chi connectivity index (χ2v) is 7.07. The Morgan fingerprint density at radius 1 is 1.11 bits per heavy atom. The van der Waals surface area contributed by atoms with Crippen LogP contribution >= 0.6 is 0 Å². The number of rotatable bonds is 6. The molecule has 1 aliphatic heterocycles. The van der Waals surface area contributed by atoms with Crippen molar-refractivity contribution in [3.63, 3.8) is 0 Å². The van der Waals surface area contributed by atoms with Crippen LogP contribution in [0.25, 0.3) is 0 Å². The molecule has 0 aromatic rings. The molecule has 1 heterocycles. The maximum absolute atomic E-state index is 5.48. The van der Waals surface area contributed by atoms with Gasteiger partial charge in [-0.25, -0.2) is 0 Å². The van der Waals surface area contributed by atoms with Gasteiger partial charge in [0.25, 0.3) is 0 Å². The number of piperidine rings is 1. The van der Waals surface area contributed by atoms with E-state index in [9.17, 15) is 0 Å². The topological polar surface area (TPSA) is 24.5 Å². The smallest absolute Gasteiger partial charge is 0.0595 e. The van der Waals surface area contributed by atoms with Crippen LogP contribution in [0, 0.1) is 5.41 Å². The molecule has 19 heavy (non-hydrogen) atoms. The summed E-state index contributed by atoms with van der Waals surface area (Å²) < 4.78 is 5.48. The Hall–Kier alpha value is -0.120. The second-order valence-electron chi connectivity index (χ2n) is 7.07. The highest BCUT2D eigenvalue weighted by molar-refractivity contribution is 4.93. The molecule has 0 unspecified atom stereocenters. The fourth-order valence-corrected chi connectivity index (χ4v) is 3.94. The van der Waals surface area contributed by atoms with Gasteiger partial charge in [-0.2, -0.15) is 0 Å². The van der Waals surface area contributed by atoms with Gasteiger partial charge in [0, 0.05) is 39.3 Å². The molecule has 2 aliphatic carbocycles. The van der Waals surface area contributed by atoms with E-state index >= 15 is 0 Å². The van der Waals surface area contributed by atoms with Crippen molar-refractivity contribution < 1.29 is 4.74 Å². The van der Waals surface area contributed by atoms with Crippen LogP contribution in [-0.2, 0) is 4.74 Å². The first-order chi connectivity index (χ1) is 9.30. The van der Waals surface area contributed by atoms with Gasteiger partial charge in [0.15, 0.2) is 0 Å². The number of likely N-dealkylation sites (tertiary alicyclic amines) is 1. The van der Waals surface area contributed by atoms with Gasteiger partial charge in [0.05, 0.1) is 6.10 Å². The molecule has 0 aromatic heterocycles. The van der Waals surface area contributed by atoms with E-state index in [0.717, 1.165) is 6.04 Å². The average Bonchev–Trinajstić information content (AvgIpc) is 3.17. The molecule has 0 bridgehead atoms. The fourth-order valence-electron chi connectivity index (χ4n) is 3.94. The summed E-state index contributed by atoms with van der Waals surface area (Å²) >= 11 is 0. The van der Waals surface area contributed by atoms with Crippen LogP contribution in [0.1, 0.15) is 51.4 Å².